The maximum atomic E-state index is 12.4. The van der Waals surface area contributed by atoms with E-state index in [-0.39, 0.29) is 27.7 Å². The monoisotopic (exact) mass is 435 g/mol. The number of nitro groups is 1. The van der Waals surface area contributed by atoms with Crippen molar-refractivity contribution in [2.45, 2.75) is 6.54 Å². The normalized spacial score (nSPS) is 10.8. The zero-order chi connectivity index (χ0) is 22.2. The van der Waals surface area contributed by atoms with E-state index < -0.39 is 34.5 Å². The van der Waals surface area contributed by atoms with Crippen LogP contribution in [0.3, 0.4) is 0 Å². The van der Waals surface area contributed by atoms with E-state index in [9.17, 15) is 29.3 Å². The first-order chi connectivity index (χ1) is 14.1. The Balaban J connectivity index is 1.77. The fraction of sp³-hybridized carbons (Fsp3) is 0.188. The van der Waals surface area contributed by atoms with Crippen LogP contribution in [0.2, 0.25) is 5.28 Å². The second-order valence-electron chi connectivity index (χ2n) is 6.15. The third-order valence-corrected chi connectivity index (χ3v) is 4.55. The van der Waals surface area contributed by atoms with Crippen LogP contribution in [-0.2, 0) is 25.4 Å². The smallest absolute Gasteiger partial charge is 0.299 e. The molecule has 2 N–H and O–H groups in total. The van der Waals surface area contributed by atoms with Gasteiger partial charge >= 0.3 is 5.69 Å². The number of benzene rings is 1. The summed E-state index contributed by atoms with van der Waals surface area (Å²) in [6, 6.07) is 4.75. The molecule has 0 fully saturated rings. The lowest BCUT2D eigenvalue weighted by molar-refractivity contribution is -0.384. The van der Waals surface area contributed by atoms with Gasteiger partial charge in [-0.3, -0.25) is 49.1 Å². The van der Waals surface area contributed by atoms with Crippen molar-refractivity contribution >= 4 is 40.3 Å². The summed E-state index contributed by atoms with van der Waals surface area (Å²) in [6.45, 7) is -0.469. The maximum absolute atomic E-state index is 12.4. The molecule has 2 heterocycles. The Morgan fingerprint density at radius 2 is 1.77 bits per heavy atom. The molecule has 0 aliphatic rings. The van der Waals surface area contributed by atoms with Crippen molar-refractivity contribution in [1.29, 1.82) is 0 Å². The second kappa shape index (κ2) is 7.79. The molecule has 2 aromatic heterocycles. The molecule has 156 valence electrons. The number of aryl methyl sites for hydroxylation is 1. The van der Waals surface area contributed by atoms with E-state index >= 15 is 0 Å². The molecule has 3 aromatic rings. The highest BCUT2D eigenvalue weighted by Crippen LogP contribution is 2.15. The van der Waals surface area contributed by atoms with Crippen molar-refractivity contribution in [2.75, 3.05) is 0 Å². The number of hydrogen-bond acceptors (Lipinski definition) is 7. The number of nitrogens with zero attached hydrogens (tertiary/aromatic N) is 5. The lowest BCUT2D eigenvalue weighted by Crippen LogP contribution is -2.43. The SMILES string of the molecule is Cn1c(=O)c2c(nc(Cl)n2CC(=O)NNC(=O)c2ccc([N+](=O)[O-])cc2)n(C)c1=O. The number of fused-ring (bicyclic) bond motifs is 1. The number of hydrogen-bond donors (Lipinski definition) is 2. The van der Waals surface area contributed by atoms with Crippen LogP contribution in [0.1, 0.15) is 10.4 Å². The van der Waals surface area contributed by atoms with Gasteiger partial charge in [-0.15, -0.1) is 0 Å². The first-order valence-corrected chi connectivity index (χ1v) is 8.65. The van der Waals surface area contributed by atoms with E-state index in [1.54, 1.807) is 0 Å². The molecule has 0 saturated carbocycles. The van der Waals surface area contributed by atoms with E-state index in [2.05, 4.69) is 15.8 Å². The van der Waals surface area contributed by atoms with Crippen LogP contribution >= 0.6 is 11.6 Å². The first kappa shape index (κ1) is 20.7. The van der Waals surface area contributed by atoms with Crippen LogP contribution in [0.4, 0.5) is 5.69 Å². The van der Waals surface area contributed by atoms with Gasteiger partial charge in [-0.25, -0.2) is 4.79 Å². The summed E-state index contributed by atoms with van der Waals surface area (Å²) in [5, 5.41) is 10.4. The topological polar surface area (TPSA) is 163 Å². The second-order valence-corrected chi connectivity index (χ2v) is 6.49. The summed E-state index contributed by atoms with van der Waals surface area (Å²) >= 11 is 6.03. The molecular weight excluding hydrogens is 422 g/mol. The van der Waals surface area contributed by atoms with Crippen LogP contribution in [0.5, 0.6) is 0 Å². The van der Waals surface area contributed by atoms with E-state index in [1.165, 1.54) is 26.2 Å². The lowest BCUT2D eigenvalue weighted by Gasteiger charge is -2.09. The maximum Gasteiger partial charge on any atom is 0.332 e. The van der Waals surface area contributed by atoms with Gasteiger partial charge in [0.05, 0.1) is 4.92 Å². The summed E-state index contributed by atoms with van der Waals surface area (Å²) in [7, 11) is 2.68. The molecular formula is C16H14ClN7O6. The molecule has 0 radical (unpaired) electrons. The summed E-state index contributed by atoms with van der Waals surface area (Å²) in [6.07, 6.45) is 0. The molecule has 0 aliphatic heterocycles. The van der Waals surface area contributed by atoms with Crippen LogP contribution in [0.25, 0.3) is 11.2 Å². The zero-order valence-corrected chi connectivity index (χ0v) is 16.3. The van der Waals surface area contributed by atoms with E-state index in [0.29, 0.717) is 0 Å². The molecule has 1 aromatic carbocycles. The largest absolute Gasteiger partial charge is 0.332 e. The van der Waals surface area contributed by atoms with Gasteiger partial charge in [-0.1, -0.05) is 0 Å². The van der Waals surface area contributed by atoms with Gasteiger partial charge in [0.1, 0.15) is 6.54 Å². The predicted molar refractivity (Wildman–Crippen MR) is 104 cm³/mol. The number of nitro benzene ring substituents is 1. The van der Waals surface area contributed by atoms with Crippen LogP contribution < -0.4 is 22.1 Å². The molecule has 3 rings (SSSR count). The van der Waals surface area contributed by atoms with Crippen molar-refractivity contribution in [3.8, 4) is 0 Å². The summed E-state index contributed by atoms with van der Waals surface area (Å²) in [4.78, 5) is 62.7. The number of aromatic nitrogens is 4. The molecule has 0 bridgehead atoms. The molecule has 14 heteroatoms. The predicted octanol–water partition coefficient (Wildman–Crippen LogP) is -0.544. The molecule has 2 amide bonds. The fourth-order valence-corrected chi connectivity index (χ4v) is 2.90. The Kier molecular flexibility index (Phi) is 5.38. The standard InChI is InChI=1S/C16H14ClN7O6/c1-21-12-11(14(27)22(2)16(21)28)23(15(17)18-12)7-10(25)19-20-13(26)8-3-5-9(6-4-8)24(29)30/h3-6H,7H2,1-2H3,(H,19,25)(H,20,26). The average Bonchev–Trinajstić information content (AvgIpc) is 3.05. The van der Waals surface area contributed by atoms with Gasteiger partial charge in [0.15, 0.2) is 11.2 Å². The van der Waals surface area contributed by atoms with Crippen molar-refractivity contribution < 1.29 is 14.5 Å². The number of rotatable bonds is 4. The zero-order valence-electron chi connectivity index (χ0n) is 15.6. The van der Waals surface area contributed by atoms with Crippen molar-refractivity contribution in [1.82, 2.24) is 29.5 Å². The van der Waals surface area contributed by atoms with Crippen LogP contribution in [0.15, 0.2) is 33.9 Å². The summed E-state index contributed by atoms with van der Waals surface area (Å²) < 4.78 is 3.07. The first-order valence-electron chi connectivity index (χ1n) is 8.27. The number of non-ortho nitro benzene ring substituents is 1. The minimum Gasteiger partial charge on any atom is -0.299 e. The highest BCUT2D eigenvalue weighted by molar-refractivity contribution is 6.29. The highest BCUT2D eigenvalue weighted by Gasteiger charge is 2.20. The Hall–Kier alpha value is -4.00. The van der Waals surface area contributed by atoms with Crippen LogP contribution in [0, 0.1) is 10.1 Å². The third-order valence-electron chi connectivity index (χ3n) is 4.26. The summed E-state index contributed by atoms with van der Waals surface area (Å²) in [5.41, 5.74) is 2.86. The van der Waals surface area contributed by atoms with Crippen molar-refractivity contribution in [3.05, 3.63) is 66.1 Å². The molecule has 30 heavy (non-hydrogen) atoms. The number of hydrazine groups is 1. The number of halogens is 1. The Morgan fingerprint density at radius 3 is 2.37 bits per heavy atom. The molecule has 0 unspecified atom stereocenters. The number of carbonyl (C=O) groups is 2. The Morgan fingerprint density at radius 1 is 1.13 bits per heavy atom. The molecule has 0 spiro atoms. The minimum atomic E-state index is -0.734. The number of amides is 2. The van der Waals surface area contributed by atoms with Gasteiger partial charge in [0.25, 0.3) is 23.1 Å². The quantitative estimate of drug-likeness (QED) is 0.315. The summed E-state index contributed by atoms with van der Waals surface area (Å²) in [5.74, 6) is -1.44. The van der Waals surface area contributed by atoms with Crippen LogP contribution in [-0.4, -0.2) is 35.4 Å². The third kappa shape index (κ3) is 3.65. The number of carbonyl (C=O) groups excluding carboxylic acids is 2. The molecule has 0 saturated heterocycles. The molecule has 0 atom stereocenters. The van der Waals surface area contributed by atoms with Crippen molar-refractivity contribution in [2.24, 2.45) is 14.1 Å². The van der Waals surface area contributed by atoms with E-state index in [1.807, 2.05) is 0 Å². The fourth-order valence-electron chi connectivity index (χ4n) is 2.68. The highest BCUT2D eigenvalue weighted by atomic mass is 35.5. The average molecular weight is 436 g/mol. The Labute approximate surface area is 171 Å². The van der Waals surface area contributed by atoms with Gasteiger partial charge in [0.2, 0.25) is 5.28 Å². The van der Waals surface area contributed by atoms with Gasteiger partial charge in [-0.2, -0.15) is 4.98 Å². The minimum absolute atomic E-state index is 0.0100. The Bertz CT molecular complexity index is 1300. The number of imidazole rings is 1. The van der Waals surface area contributed by atoms with Crippen molar-refractivity contribution in [3.63, 3.8) is 0 Å². The number of nitrogens with one attached hydrogen (secondary N) is 2. The molecule has 0 aliphatic carbocycles. The van der Waals surface area contributed by atoms with Gasteiger partial charge in [-0.05, 0) is 23.7 Å². The van der Waals surface area contributed by atoms with E-state index in [0.717, 1.165) is 25.8 Å². The molecule has 13 nitrogen and oxygen atoms in total. The van der Waals surface area contributed by atoms with E-state index in [4.69, 9.17) is 11.6 Å². The van der Waals surface area contributed by atoms with Gasteiger partial charge < -0.3 is 0 Å². The van der Waals surface area contributed by atoms with Gasteiger partial charge in [0, 0.05) is 31.8 Å². The lowest BCUT2D eigenvalue weighted by atomic mass is 10.2.